The lowest BCUT2D eigenvalue weighted by Crippen LogP contribution is -2.46. The number of anilines is 4. The molecule has 3 aromatic rings. The molecule has 0 spiro atoms. The van der Waals surface area contributed by atoms with Crippen LogP contribution in [0.4, 0.5) is 22.9 Å². The zero-order valence-electron chi connectivity index (χ0n) is 18.3. The first-order chi connectivity index (χ1) is 15.6. The highest BCUT2D eigenvalue weighted by Gasteiger charge is 2.18. The molecule has 1 saturated heterocycles. The molecule has 4 rings (SSSR count). The van der Waals surface area contributed by atoms with Crippen LogP contribution in [0.2, 0.25) is 0 Å². The van der Waals surface area contributed by atoms with Crippen molar-refractivity contribution < 1.29 is 9.53 Å². The first kappa shape index (κ1) is 21.5. The van der Waals surface area contributed by atoms with E-state index in [1.54, 1.807) is 24.4 Å². The smallest absolute Gasteiger partial charge is 0.255 e. The van der Waals surface area contributed by atoms with Crippen molar-refractivity contribution in [1.82, 2.24) is 4.98 Å². The number of nitrogens with zero attached hydrogens (tertiary/aromatic N) is 3. The van der Waals surface area contributed by atoms with E-state index in [1.807, 2.05) is 25.1 Å². The third-order valence-electron chi connectivity index (χ3n) is 5.46. The van der Waals surface area contributed by atoms with Crippen LogP contribution < -0.4 is 25.6 Å². The number of hydrogen-bond acceptors (Lipinski definition) is 6. The van der Waals surface area contributed by atoms with E-state index in [0.717, 1.165) is 38.4 Å². The minimum atomic E-state index is -0.232. The third kappa shape index (κ3) is 5.11. The van der Waals surface area contributed by atoms with Crippen molar-refractivity contribution in [2.45, 2.75) is 13.3 Å². The zero-order valence-corrected chi connectivity index (χ0v) is 18.3. The standard InChI is InChI=1S/C25H29N5O2/c1-2-16-32-23-10-8-19(17-22(23)26)25(31)28-20-9-11-24(27-18-20)30-14-12-29(13-15-30)21-6-4-3-5-7-21/h3-11,17-18H,2,12-16,26H2,1H3,(H,28,31). The van der Waals surface area contributed by atoms with Crippen LogP contribution in [-0.2, 0) is 0 Å². The highest BCUT2D eigenvalue weighted by molar-refractivity contribution is 6.05. The molecule has 32 heavy (non-hydrogen) atoms. The summed E-state index contributed by atoms with van der Waals surface area (Å²) in [4.78, 5) is 21.8. The van der Waals surface area contributed by atoms with E-state index < -0.39 is 0 Å². The maximum Gasteiger partial charge on any atom is 0.255 e. The van der Waals surface area contributed by atoms with Gasteiger partial charge in [-0.2, -0.15) is 0 Å². The van der Waals surface area contributed by atoms with Crippen molar-refractivity contribution >= 4 is 28.8 Å². The molecule has 1 fully saturated rings. The molecule has 7 heteroatoms. The largest absolute Gasteiger partial charge is 0.491 e. The zero-order chi connectivity index (χ0) is 22.3. The van der Waals surface area contributed by atoms with Gasteiger partial charge < -0.3 is 25.6 Å². The summed E-state index contributed by atoms with van der Waals surface area (Å²) in [5.41, 5.74) is 8.85. The molecule has 1 aliphatic heterocycles. The summed E-state index contributed by atoms with van der Waals surface area (Å²) < 4.78 is 5.57. The number of carbonyl (C=O) groups is 1. The molecule has 2 heterocycles. The summed E-state index contributed by atoms with van der Waals surface area (Å²) in [5, 5.41) is 2.88. The number of benzene rings is 2. The average Bonchev–Trinajstić information content (AvgIpc) is 2.84. The third-order valence-corrected chi connectivity index (χ3v) is 5.46. The molecule has 0 unspecified atom stereocenters. The normalized spacial score (nSPS) is 13.7. The second kappa shape index (κ2) is 10.0. The molecule has 0 radical (unpaired) electrons. The van der Waals surface area contributed by atoms with Crippen molar-refractivity contribution in [3.63, 3.8) is 0 Å². The number of hydrogen-bond donors (Lipinski definition) is 2. The summed E-state index contributed by atoms with van der Waals surface area (Å²) in [6.45, 7) is 6.32. The summed E-state index contributed by atoms with van der Waals surface area (Å²) in [6, 6.07) is 19.4. The molecule has 7 nitrogen and oxygen atoms in total. The average molecular weight is 432 g/mol. The molecule has 0 atom stereocenters. The number of nitrogens with two attached hydrogens (primary N) is 1. The van der Waals surface area contributed by atoms with Gasteiger partial charge in [0.25, 0.3) is 5.91 Å². The van der Waals surface area contributed by atoms with Gasteiger partial charge in [0.15, 0.2) is 0 Å². The topological polar surface area (TPSA) is 83.7 Å². The van der Waals surface area contributed by atoms with Gasteiger partial charge in [0.1, 0.15) is 11.6 Å². The minimum absolute atomic E-state index is 0.232. The Bertz CT molecular complexity index is 1030. The van der Waals surface area contributed by atoms with E-state index in [-0.39, 0.29) is 5.91 Å². The quantitative estimate of drug-likeness (QED) is 0.550. The molecule has 0 saturated carbocycles. The Morgan fingerprint density at radius 1 is 1.03 bits per heavy atom. The predicted octanol–water partition coefficient (Wildman–Crippen LogP) is 4.03. The Labute approximate surface area is 188 Å². The van der Waals surface area contributed by atoms with Crippen molar-refractivity contribution in [3.05, 3.63) is 72.4 Å². The first-order valence-corrected chi connectivity index (χ1v) is 11.0. The predicted molar refractivity (Wildman–Crippen MR) is 130 cm³/mol. The number of carbonyl (C=O) groups excluding carboxylic acids is 1. The first-order valence-electron chi connectivity index (χ1n) is 11.0. The fourth-order valence-electron chi connectivity index (χ4n) is 3.72. The number of ether oxygens (including phenoxy) is 1. The molecule has 2 aromatic carbocycles. The molecule has 166 valence electrons. The van der Waals surface area contributed by atoms with Gasteiger partial charge in [-0.1, -0.05) is 25.1 Å². The summed E-state index contributed by atoms with van der Waals surface area (Å²) in [6.07, 6.45) is 2.59. The van der Waals surface area contributed by atoms with Gasteiger partial charge in [0, 0.05) is 37.4 Å². The highest BCUT2D eigenvalue weighted by Crippen LogP contribution is 2.24. The lowest BCUT2D eigenvalue weighted by atomic mass is 10.1. The number of nitrogens with one attached hydrogen (secondary N) is 1. The fraction of sp³-hybridized carbons (Fsp3) is 0.280. The van der Waals surface area contributed by atoms with Crippen molar-refractivity contribution in [2.75, 3.05) is 53.6 Å². The van der Waals surface area contributed by atoms with Gasteiger partial charge in [-0.3, -0.25) is 4.79 Å². The van der Waals surface area contributed by atoms with E-state index in [1.165, 1.54) is 5.69 Å². The van der Waals surface area contributed by atoms with Gasteiger partial charge in [-0.25, -0.2) is 4.98 Å². The Balaban J connectivity index is 1.33. The molecule has 1 aliphatic rings. The van der Waals surface area contributed by atoms with Gasteiger partial charge in [0.2, 0.25) is 0 Å². The van der Waals surface area contributed by atoms with Crippen molar-refractivity contribution in [1.29, 1.82) is 0 Å². The van der Waals surface area contributed by atoms with Gasteiger partial charge in [-0.15, -0.1) is 0 Å². The second-order valence-electron chi connectivity index (χ2n) is 7.77. The number of amides is 1. The monoisotopic (exact) mass is 431 g/mol. The molecular weight excluding hydrogens is 402 g/mol. The Hall–Kier alpha value is -3.74. The Kier molecular flexibility index (Phi) is 6.75. The van der Waals surface area contributed by atoms with Crippen molar-refractivity contribution in [3.8, 4) is 5.75 Å². The lowest BCUT2D eigenvalue weighted by molar-refractivity contribution is 0.102. The molecular formula is C25H29N5O2. The van der Waals surface area contributed by atoms with E-state index in [9.17, 15) is 4.79 Å². The molecule has 3 N–H and O–H groups in total. The fourth-order valence-corrected chi connectivity index (χ4v) is 3.72. The second-order valence-corrected chi connectivity index (χ2v) is 7.77. The van der Waals surface area contributed by atoms with Crippen LogP contribution in [0.15, 0.2) is 66.9 Å². The maximum atomic E-state index is 12.6. The van der Waals surface area contributed by atoms with E-state index in [0.29, 0.717) is 29.3 Å². The van der Waals surface area contributed by atoms with E-state index >= 15 is 0 Å². The van der Waals surface area contributed by atoms with Crippen LogP contribution in [0.25, 0.3) is 0 Å². The lowest BCUT2D eigenvalue weighted by Gasteiger charge is -2.36. The summed E-state index contributed by atoms with van der Waals surface area (Å²) in [5.74, 6) is 1.28. The molecule has 1 amide bonds. The number of nitrogen functional groups attached to an aromatic ring is 1. The molecule has 1 aromatic heterocycles. The number of rotatable bonds is 7. The van der Waals surface area contributed by atoms with Gasteiger partial charge in [-0.05, 0) is 48.9 Å². The van der Waals surface area contributed by atoms with Crippen LogP contribution >= 0.6 is 0 Å². The van der Waals surface area contributed by atoms with Crippen LogP contribution in [0.3, 0.4) is 0 Å². The number of piperazine rings is 1. The Morgan fingerprint density at radius 2 is 1.78 bits per heavy atom. The highest BCUT2D eigenvalue weighted by atomic mass is 16.5. The molecule has 0 aliphatic carbocycles. The minimum Gasteiger partial charge on any atom is -0.491 e. The van der Waals surface area contributed by atoms with Gasteiger partial charge >= 0.3 is 0 Å². The summed E-state index contributed by atoms with van der Waals surface area (Å²) in [7, 11) is 0. The molecule has 0 bridgehead atoms. The van der Waals surface area contributed by atoms with Crippen LogP contribution in [0.5, 0.6) is 5.75 Å². The van der Waals surface area contributed by atoms with Crippen molar-refractivity contribution in [2.24, 2.45) is 0 Å². The van der Waals surface area contributed by atoms with Gasteiger partial charge in [0.05, 0.1) is 24.2 Å². The number of aromatic nitrogens is 1. The summed E-state index contributed by atoms with van der Waals surface area (Å²) >= 11 is 0. The van der Waals surface area contributed by atoms with Crippen LogP contribution in [0, 0.1) is 0 Å². The van der Waals surface area contributed by atoms with Crippen LogP contribution in [0.1, 0.15) is 23.7 Å². The maximum absolute atomic E-state index is 12.6. The number of para-hydroxylation sites is 1. The van der Waals surface area contributed by atoms with E-state index in [2.05, 4.69) is 44.4 Å². The van der Waals surface area contributed by atoms with Crippen LogP contribution in [-0.4, -0.2) is 43.7 Å². The SMILES string of the molecule is CCCOc1ccc(C(=O)Nc2ccc(N3CCN(c4ccccc4)CC3)nc2)cc1N. The number of pyridine rings is 1. The Morgan fingerprint density at radius 3 is 2.44 bits per heavy atom. The van der Waals surface area contributed by atoms with E-state index in [4.69, 9.17) is 10.5 Å².